The lowest BCUT2D eigenvalue weighted by molar-refractivity contribution is -0.192. The molecule has 0 aromatic heterocycles. The van der Waals surface area contributed by atoms with Crippen molar-refractivity contribution in [1.82, 2.24) is 14.7 Å². The number of aliphatic carboxylic acids is 1. The molecule has 37 heavy (non-hydrogen) atoms. The van der Waals surface area contributed by atoms with Crippen molar-refractivity contribution in [1.29, 1.82) is 0 Å². The SMILES string of the molecule is COc1cccc(CC(=O)N2CC[C@H]3N(C)CC[C@@]3(C(=O)N3CCOCC3)CC2)c1.O=C(O)C(F)(F)F. The van der Waals surface area contributed by atoms with Crippen molar-refractivity contribution in [3.05, 3.63) is 29.8 Å². The molecule has 3 saturated heterocycles. The monoisotopic (exact) mass is 529 g/mol. The number of hydrogen-bond donors (Lipinski definition) is 1. The van der Waals surface area contributed by atoms with E-state index in [0.29, 0.717) is 45.8 Å². The van der Waals surface area contributed by atoms with Crippen LogP contribution in [0, 0.1) is 5.41 Å². The quantitative estimate of drug-likeness (QED) is 0.637. The number of morpholine rings is 1. The molecule has 12 heteroatoms. The number of carboxylic acid groups (broad SMARTS) is 1. The third kappa shape index (κ3) is 6.92. The summed E-state index contributed by atoms with van der Waals surface area (Å²) >= 11 is 0. The Morgan fingerprint density at radius 2 is 1.73 bits per heavy atom. The average Bonchev–Trinajstić information content (AvgIpc) is 3.07. The van der Waals surface area contributed by atoms with Crippen molar-refractivity contribution >= 4 is 17.8 Å². The second-order valence-corrected chi connectivity index (χ2v) is 9.56. The van der Waals surface area contributed by atoms with Crippen molar-refractivity contribution < 1.29 is 42.1 Å². The Kier molecular flexibility index (Phi) is 9.41. The number of amides is 2. The molecular weight excluding hydrogens is 495 g/mol. The normalized spacial score (nSPS) is 24.4. The molecule has 3 fully saturated rings. The Morgan fingerprint density at radius 3 is 2.35 bits per heavy atom. The molecule has 0 bridgehead atoms. The molecule has 206 valence electrons. The highest BCUT2D eigenvalue weighted by molar-refractivity contribution is 5.85. The summed E-state index contributed by atoms with van der Waals surface area (Å²) < 4.78 is 42.5. The summed E-state index contributed by atoms with van der Waals surface area (Å²) in [6, 6.07) is 7.88. The van der Waals surface area contributed by atoms with Gasteiger partial charge in [0.1, 0.15) is 5.75 Å². The Hall–Kier alpha value is -2.86. The molecule has 1 aromatic carbocycles. The first kappa shape index (κ1) is 28.7. The molecule has 9 nitrogen and oxygen atoms in total. The lowest BCUT2D eigenvalue weighted by Crippen LogP contribution is -2.53. The summed E-state index contributed by atoms with van der Waals surface area (Å²) in [4.78, 5) is 41.8. The molecule has 3 heterocycles. The Bertz CT molecular complexity index is 969. The molecular formula is C25H34F3N3O6. The molecule has 0 spiro atoms. The molecule has 2 amide bonds. The van der Waals surface area contributed by atoms with E-state index in [0.717, 1.165) is 37.1 Å². The van der Waals surface area contributed by atoms with Crippen LogP contribution in [0.5, 0.6) is 5.75 Å². The van der Waals surface area contributed by atoms with Crippen molar-refractivity contribution in [3.63, 3.8) is 0 Å². The molecule has 3 aliphatic rings. The minimum absolute atomic E-state index is 0.125. The molecule has 1 N–H and O–H groups in total. The van der Waals surface area contributed by atoms with Gasteiger partial charge < -0.3 is 29.3 Å². The van der Waals surface area contributed by atoms with Crippen LogP contribution >= 0.6 is 0 Å². The topological polar surface area (TPSA) is 99.6 Å². The van der Waals surface area contributed by atoms with Crippen molar-refractivity contribution in [2.45, 2.75) is 37.9 Å². The maximum atomic E-state index is 13.6. The van der Waals surface area contributed by atoms with Crippen LogP contribution < -0.4 is 4.74 Å². The van der Waals surface area contributed by atoms with E-state index in [9.17, 15) is 22.8 Å². The third-order valence-electron chi connectivity index (χ3n) is 7.39. The molecule has 0 saturated carbocycles. The van der Waals surface area contributed by atoms with Gasteiger partial charge in [-0.05, 0) is 50.6 Å². The summed E-state index contributed by atoms with van der Waals surface area (Å²) in [5.41, 5.74) is 0.580. The molecule has 3 aliphatic heterocycles. The highest BCUT2D eigenvalue weighted by Gasteiger charge is 2.54. The first-order valence-electron chi connectivity index (χ1n) is 12.3. The number of carbonyl (C=O) groups is 3. The molecule has 0 unspecified atom stereocenters. The van der Waals surface area contributed by atoms with Gasteiger partial charge >= 0.3 is 12.1 Å². The van der Waals surface area contributed by atoms with E-state index in [1.165, 1.54) is 0 Å². The number of nitrogens with zero attached hydrogens (tertiary/aromatic N) is 3. The fraction of sp³-hybridized carbons (Fsp3) is 0.640. The number of carboxylic acids is 1. The van der Waals surface area contributed by atoms with Gasteiger partial charge in [-0.1, -0.05) is 12.1 Å². The number of halogens is 3. The minimum Gasteiger partial charge on any atom is -0.497 e. The van der Waals surface area contributed by atoms with Crippen molar-refractivity contribution in [2.75, 3.05) is 60.1 Å². The zero-order chi connectivity index (χ0) is 27.2. The molecule has 0 aliphatic carbocycles. The summed E-state index contributed by atoms with van der Waals surface area (Å²) in [6.07, 6.45) is -2.26. The van der Waals surface area contributed by atoms with Crippen LogP contribution in [-0.2, 0) is 25.5 Å². The first-order chi connectivity index (χ1) is 17.5. The number of carbonyl (C=O) groups excluding carboxylic acids is 2. The number of alkyl halides is 3. The number of methoxy groups -OCH3 is 1. The second kappa shape index (κ2) is 12.1. The predicted octanol–water partition coefficient (Wildman–Crippen LogP) is 2.04. The van der Waals surface area contributed by atoms with Gasteiger partial charge in [0.25, 0.3) is 0 Å². The summed E-state index contributed by atoms with van der Waals surface area (Å²) in [6.45, 7) is 4.88. The number of ether oxygens (including phenoxy) is 2. The van der Waals surface area contributed by atoms with Crippen LogP contribution in [0.2, 0.25) is 0 Å². The summed E-state index contributed by atoms with van der Waals surface area (Å²) in [5, 5.41) is 7.12. The van der Waals surface area contributed by atoms with Crippen molar-refractivity contribution in [3.8, 4) is 5.75 Å². The maximum absolute atomic E-state index is 13.6. The summed E-state index contributed by atoms with van der Waals surface area (Å²) in [5.74, 6) is -1.60. The van der Waals surface area contributed by atoms with Gasteiger partial charge in [-0.2, -0.15) is 13.2 Å². The van der Waals surface area contributed by atoms with Gasteiger partial charge in [-0.3, -0.25) is 9.59 Å². The first-order valence-corrected chi connectivity index (χ1v) is 12.3. The zero-order valence-corrected chi connectivity index (χ0v) is 21.1. The lowest BCUT2D eigenvalue weighted by atomic mass is 9.75. The van der Waals surface area contributed by atoms with E-state index < -0.39 is 12.1 Å². The van der Waals surface area contributed by atoms with Crippen LogP contribution in [0.4, 0.5) is 13.2 Å². The van der Waals surface area contributed by atoms with Crippen LogP contribution in [0.25, 0.3) is 0 Å². The van der Waals surface area contributed by atoms with E-state index in [1.54, 1.807) is 7.11 Å². The van der Waals surface area contributed by atoms with Gasteiger partial charge in [-0.15, -0.1) is 0 Å². The predicted molar refractivity (Wildman–Crippen MR) is 127 cm³/mol. The summed E-state index contributed by atoms with van der Waals surface area (Å²) in [7, 11) is 3.75. The molecule has 2 atom stereocenters. The number of benzene rings is 1. The highest BCUT2D eigenvalue weighted by Crippen LogP contribution is 2.44. The van der Waals surface area contributed by atoms with Gasteiger partial charge in [-0.25, -0.2) is 4.79 Å². The van der Waals surface area contributed by atoms with E-state index >= 15 is 0 Å². The number of likely N-dealkylation sites (tertiary alicyclic amines) is 2. The van der Waals surface area contributed by atoms with Crippen LogP contribution in [0.3, 0.4) is 0 Å². The Labute approximate surface area is 214 Å². The number of hydrogen-bond acceptors (Lipinski definition) is 6. The minimum atomic E-state index is -5.08. The van der Waals surface area contributed by atoms with E-state index in [-0.39, 0.29) is 23.3 Å². The number of fused-ring (bicyclic) bond motifs is 1. The van der Waals surface area contributed by atoms with Gasteiger partial charge in [0.15, 0.2) is 0 Å². The van der Waals surface area contributed by atoms with E-state index in [4.69, 9.17) is 19.4 Å². The Balaban J connectivity index is 0.000000479. The molecule has 1 aromatic rings. The highest BCUT2D eigenvalue weighted by atomic mass is 19.4. The van der Waals surface area contributed by atoms with E-state index in [1.807, 2.05) is 34.1 Å². The van der Waals surface area contributed by atoms with Gasteiger partial charge in [0.2, 0.25) is 11.8 Å². The van der Waals surface area contributed by atoms with Crippen LogP contribution in [0.1, 0.15) is 24.8 Å². The van der Waals surface area contributed by atoms with Crippen LogP contribution in [0.15, 0.2) is 24.3 Å². The molecule has 4 rings (SSSR count). The Morgan fingerprint density at radius 1 is 1.08 bits per heavy atom. The zero-order valence-electron chi connectivity index (χ0n) is 21.1. The van der Waals surface area contributed by atoms with Crippen LogP contribution in [-0.4, -0.2) is 110 Å². The largest absolute Gasteiger partial charge is 0.497 e. The smallest absolute Gasteiger partial charge is 0.490 e. The standard InChI is InChI=1S/C23H33N3O4.C2HF3O2/c1-24-10-7-23(22(28)26-12-14-30-15-13-26)8-11-25(9-6-20(23)24)21(27)17-18-4-3-5-19(16-18)29-2;3-2(4,5)1(6)7/h3-5,16,20H,6-15,17H2,1-2H3;(H,6,7)/t20-,23-;/m1./s1. The fourth-order valence-corrected chi connectivity index (χ4v) is 5.39. The van der Waals surface area contributed by atoms with Gasteiger partial charge in [0, 0.05) is 32.2 Å². The maximum Gasteiger partial charge on any atom is 0.490 e. The lowest BCUT2D eigenvalue weighted by Gasteiger charge is -2.39. The molecule has 0 radical (unpaired) electrons. The average molecular weight is 530 g/mol. The third-order valence-corrected chi connectivity index (χ3v) is 7.39. The van der Waals surface area contributed by atoms with Gasteiger partial charge in [0.05, 0.1) is 32.2 Å². The fourth-order valence-electron chi connectivity index (χ4n) is 5.39. The van der Waals surface area contributed by atoms with Crippen molar-refractivity contribution in [2.24, 2.45) is 5.41 Å². The number of rotatable bonds is 4. The van der Waals surface area contributed by atoms with E-state index in [2.05, 4.69) is 11.9 Å². The second-order valence-electron chi connectivity index (χ2n) is 9.56.